The van der Waals surface area contributed by atoms with E-state index < -0.39 is 0 Å². The maximum absolute atomic E-state index is 7.05. The molecule has 0 bridgehead atoms. The number of nitrogens with zero attached hydrogens (tertiary/aromatic N) is 1. The molecule has 0 saturated heterocycles. The summed E-state index contributed by atoms with van der Waals surface area (Å²) in [4.78, 5) is 2.35. The lowest BCUT2D eigenvalue weighted by Crippen LogP contribution is -2.10. The van der Waals surface area contributed by atoms with E-state index in [4.69, 9.17) is 8.83 Å². The maximum Gasteiger partial charge on any atom is 0.159 e. The van der Waals surface area contributed by atoms with Crippen LogP contribution in [0.3, 0.4) is 0 Å². The summed E-state index contributed by atoms with van der Waals surface area (Å²) >= 11 is 0. The second-order valence-electron chi connectivity index (χ2n) is 15.1. The highest BCUT2D eigenvalue weighted by Gasteiger charge is 2.24. The van der Waals surface area contributed by atoms with Gasteiger partial charge in [-0.3, -0.25) is 0 Å². The number of hydrogen-bond acceptors (Lipinski definition) is 3. The Bertz CT molecular complexity index is 3010. The average Bonchev–Trinajstić information content (AvgIpc) is 3.84. The van der Waals surface area contributed by atoms with Crippen molar-refractivity contribution in [3.63, 3.8) is 0 Å². The molecule has 1 saturated carbocycles. The molecular formula is C52H39NO2. The van der Waals surface area contributed by atoms with Crippen LogP contribution >= 0.6 is 0 Å². The van der Waals surface area contributed by atoms with Crippen LogP contribution in [0.1, 0.15) is 43.6 Å². The summed E-state index contributed by atoms with van der Waals surface area (Å²) in [6.07, 6.45) is 6.36. The molecule has 2 aromatic heterocycles. The van der Waals surface area contributed by atoms with Crippen molar-refractivity contribution in [3.8, 4) is 22.3 Å². The predicted molar refractivity (Wildman–Crippen MR) is 230 cm³/mol. The van der Waals surface area contributed by atoms with Crippen molar-refractivity contribution in [3.05, 3.63) is 175 Å². The van der Waals surface area contributed by atoms with Gasteiger partial charge in [-0.15, -0.1) is 0 Å². The zero-order valence-corrected chi connectivity index (χ0v) is 30.5. The van der Waals surface area contributed by atoms with Gasteiger partial charge in [-0.05, 0) is 88.2 Å². The minimum absolute atomic E-state index is 0.544. The van der Waals surface area contributed by atoms with Crippen LogP contribution in [0.15, 0.2) is 179 Å². The van der Waals surface area contributed by atoms with E-state index in [-0.39, 0.29) is 0 Å². The molecular weight excluding hydrogens is 671 g/mol. The fourth-order valence-electron chi connectivity index (χ4n) is 9.20. The van der Waals surface area contributed by atoms with Crippen molar-refractivity contribution in [1.82, 2.24) is 0 Å². The van der Waals surface area contributed by atoms with Crippen LogP contribution in [-0.4, -0.2) is 0 Å². The topological polar surface area (TPSA) is 29.5 Å². The van der Waals surface area contributed by atoms with E-state index in [9.17, 15) is 0 Å². The van der Waals surface area contributed by atoms with Crippen molar-refractivity contribution < 1.29 is 8.83 Å². The fourth-order valence-corrected chi connectivity index (χ4v) is 9.20. The summed E-state index contributed by atoms with van der Waals surface area (Å²) in [6, 6.07) is 61.1. The number of rotatable bonds is 6. The number of hydrogen-bond donors (Lipinski definition) is 0. The molecule has 264 valence electrons. The van der Waals surface area contributed by atoms with Gasteiger partial charge in [0.15, 0.2) is 5.58 Å². The quantitative estimate of drug-likeness (QED) is 0.172. The molecule has 0 N–H and O–H groups in total. The zero-order valence-electron chi connectivity index (χ0n) is 30.5. The van der Waals surface area contributed by atoms with Crippen LogP contribution in [-0.2, 0) is 0 Å². The smallest absolute Gasteiger partial charge is 0.159 e. The van der Waals surface area contributed by atoms with Gasteiger partial charge in [0.05, 0.1) is 5.69 Å². The van der Waals surface area contributed by atoms with Crippen LogP contribution in [0, 0.1) is 0 Å². The molecule has 11 rings (SSSR count). The molecule has 3 nitrogen and oxygen atoms in total. The lowest BCUT2D eigenvalue weighted by Gasteiger charge is -2.26. The number of fused-ring (bicyclic) bond motifs is 7. The lowest BCUT2D eigenvalue weighted by atomic mass is 9.83. The Kier molecular flexibility index (Phi) is 7.58. The highest BCUT2D eigenvalue weighted by Crippen LogP contribution is 2.46. The normalized spacial score (nSPS) is 13.7. The Labute approximate surface area is 320 Å². The summed E-state index contributed by atoms with van der Waals surface area (Å²) < 4.78 is 13.5. The first-order valence-corrected chi connectivity index (χ1v) is 19.6. The Hall–Kier alpha value is -6.58. The van der Waals surface area contributed by atoms with E-state index in [2.05, 4.69) is 163 Å². The van der Waals surface area contributed by atoms with Crippen LogP contribution < -0.4 is 4.90 Å². The van der Waals surface area contributed by atoms with Gasteiger partial charge in [0.25, 0.3) is 0 Å². The molecule has 1 fully saturated rings. The maximum atomic E-state index is 7.05. The molecule has 0 aliphatic heterocycles. The number of benzene rings is 8. The molecule has 0 atom stereocenters. The van der Waals surface area contributed by atoms with Crippen LogP contribution in [0.25, 0.3) is 76.9 Å². The molecule has 1 aliphatic carbocycles. The van der Waals surface area contributed by atoms with Crippen molar-refractivity contribution in [2.75, 3.05) is 4.90 Å². The second-order valence-corrected chi connectivity index (χ2v) is 15.1. The zero-order chi connectivity index (χ0) is 36.3. The summed E-state index contributed by atoms with van der Waals surface area (Å²) in [5.74, 6) is 0.544. The third-order valence-corrected chi connectivity index (χ3v) is 11.9. The van der Waals surface area contributed by atoms with Crippen LogP contribution in [0.5, 0.6) is 0 Å². The molecule has 2 heterocycles. The lowest BCUT2D eigenvalue weighted by molar-refractivity contribution is 0.442. The SMILES string of the molecule is c1ccc2c(-c3ccc(N(c4ccc(-c5cccc6c5oc5ccccc56)cc4)c4cccc5c4oc4c(C6CCCCC6)cccc45)cc3)cccc2c1. The highest BCUT2D eigenvalue weighted by molar-refractivity contribution is 6.12. The van der Waals surface area contributed by atoms with Crippen LogP contribution in [0.2, 0.25) is 0 Å². The summed E-state index contributed by atoms with van der Waals surface area (Å²) in [5.41, 5.74) is 12.9. The van der Waals surface area contributed by atoms with E-state index in [1.165, 1.54) is 65.0 Å². The predicted octanol–water partition coefficient (Wildman–Crippen LogP) is 15.5. The van der Waals surface area contributed by atoms with Crippen molar-refractivity contribution in [2.45, 2.75) is 38.0 Å². The first kappa shape index (κ1) is 31.9. The van der Waals surface area contributed by atoms with Gasteiger partial charge < -0.3 is 13.7 Å². The second kappa shape index (κ2) is 13.1. The van der Waals surface area contributed by atoms with E-state index in [1.807, 2.05) is 12.1 Å². The van der Waals surface area contributed by atoms with Gasteiger partial charge in [0.2, 0.25) is 0 Å². The molecule has 55 heavy (non-hydrogen) atoms. The molecule has 0 radical (unpaired) electrons. The Balaban J connectivity index is 1.07. The van der Waals surface area contributed by atoms with E-state index in [0.717, 1.165) is 66.7 Å². The van der Waals surface area contributed by atoms with Gasteiger partial charge >= 0.3 is 0 Å². The fraction of sp³-hybridized carbons (Fsp3) is 0.115. The molecule has 3 heteroatoms. The first-order valence-electron chi connectivity index (χ1n) is 19.6. The standard InChI is InChI=1S/C52H39NO2/c1-2-12-35(13-3-1)42-19-10-22-46-47-23-11-24-48(52(47)55-51(42)46)53(38-30-26-36(27-31-38)41-18-8-15-34-14-4-5-16-40(34)41)39-32-28-37(29-33-39)43-20-9-21-45-44-17-6-7-25-49(44)54-50(43)45/h4-11,14-33,35H,1-3,12-13H2. The van der Waals surface area contributed by atoms with E-state index in [0.29, 0.717) is 5.92 Å². The molecule has 0 amide bonds. The minimum atomic E-state index is 0.544. The van der Waals surface area contributed by atoms with Gasteiger partial charge in [-0.1, -0.05) is 153 Å². The molecule has 0 unspecified atom stereocenters. The molecule has 1 aliphatic rings. The number of furan rings is 2. The monoisotopic (exact) mass is 709 g/mol. The molecule has 0 spiro atoms. The Morgan fingerprint density at radius 3 is 1.75 bits per heavy atom. The largest absolute Gasteiger partial charge is 0.455 e. The van der Waals surface area contributed by atoms with Gasteiger partial charge in [-0.2, -0.15) is 0 Å². The van der Waals surface area contributed by atoms with Gasteiger partial charge in [0, 0.05) is 38.5 Å². The average molecular weight is 710 g/mol. The third kappa shape index (κ3) is 5.33. The third-order valence-electron chi connectivity index (χ3n) is 11.9. The Morgan fingerprint density at radius 1 is 0.400 bits per heavy atom. The highest BCUT2D eigenvalue weighted by atomic mass is 16.3. The Morgan fingerprint density at radius 2 is 0.964 bits per heavy atom. The van der Waals surface area contributed by atoms with Crippen molar-refractivity contribution in [1.29, 1.82) is 0 Å². The summed E-state index contributed by atoms with van der Waals surface area (Å²) in [5, 5.41) is 7.11. The van der Waals surface area contributed by atoms with Crippen molar-refractivity contribution in [2.24, 2.45) is 0 Å². The summed E-state index contributed by atoms with van der Waals surface area (Å²) in [7, 11) is 0. The number of para-hydroxylation sites is 4. The minimum Gasteiger partial charge on any atom is -0.455 e. The molecule has 10 aromatic rings. The van der Waals surface area contributed by atoms with Gasteiger partial charge in [-0.25, -0.2) is 0 Å². The first-order chi connectivity index (χ1) is 27.3. The van der Waals surface area contributed by atoms with Crippen LogP contribution in [0.4, 0.5) is 17.1 Å². The van der Waals surface area contributed by atoms with Gasteiger partial charge in [0.1, 0.15) is 16.7 Å². The number of anilines is 3. The summed E-state index contributed by atoms with van der Waals surface area (Å²) in [6.45, 7) is 0. The molecule has 8 aromatic carbocycles. The van der Waals surface area contributed by atoms with E-state index >= 15 is 0 Å². The van der Waals surface area contributed by atoms with E-state index in [1.54, 1.807) is 0 Å². The van der Waals surface area contributed by atoms with Crippen molar-refractivity contribution >= 4 is 71.7 Å².